The van der Waals surface area contributed by atoms with Gasteiger partial charge in [0.15, 0.2) is 0 Å². The van der Waals surface area contributed by atoms with Crippen molar-refractivity contribution in [1.29, 1.82) is 5.41 Å². The minimum Gasteiger partial charge on any atom is -0.444 e. The molecular weight excluding hydrogens is 286 g/mol. The third kappa shape index (κ3) is 6.21. The van der Waals surface area contributed by atoms with Crippen molar-refractivity contribution in [2.45, 2.75) is 26.4 Å². The highest BCUT2D eigenvalue weighted by atomic mass is 16.6. The van der Waals surface area contributed by atoms with Crippen molar-refractivity contribution in [2.75, 3.05) is 13.1 Å². The van der Waals surface area contributed by atoms with E-state index >= 15 is 0 Å². The quantitative estimate of drug-likeness (QED) is 0.360. The molecule has 0 aliphatic rings. The molecule has 120 valence electrons. The first kappa shape index (κ1) is 17.4. The molecule has 22 heavy (non-hydrogen) atoms. The Hall–Kier alpha value is -2.64. The Balaban J connectivity index is 2.34. The Bertz CT molecular complexity index is 549. The average molecular weight is 307 g/mol. The minimum atomic E-state index is -0.558. The summed E-state index contributed by atoms with van der Waals surface area (Å²) in [4.78, 5) is 27.1. The molecule has 1 heterocycles. The number of pyridine rings is 1. The zero-order valence-corrected chi connectivity index (χ0v) is 12.9. The summed E-state index contributed by atoms with van der Waals surface area (Å²) in [5.41, 5.74) is 5.38. The molecule has 0 saturated carbocycles. The van der Waals surface area contributed by atoms with Gasteiger partial charge in [-0.3, -0.25) is 15.2 Å². The van der Waals surface area contributed by atoms with Crippen LogP contribution in [0.5, 0.6) is 0 Å². The van der Waals surface area contributed by atoms with Crippen LogP contribution in [0.25, 0.3) is 0 Å². The zero-order chi connectivity index (χ0) is 16.8. The molecule has 1 aromatic rings. The lowest BCUT2D eigenvalue weighted by atomic mass is 10.2. The lowest BCUT2D eigenvalue weighted by Crippen LogP contribution is -2.37. The lowest BCUT2D eigenvalue weighted by Gasteiger charge is -2.19. The van der Waals surface area contributed by atoms with Crippen LogP contribution in [0.15, 0.2) is 18.3 Å². The van der Waals surface area contributed by atoms with Gasteiger partial charge in [0.25, 0.3) is 5.91 Å². The summed E-state index contributed by atoms with van der Waals surface area (Å²) < 4.78 is 5.06. The number of amidine groups is 1. The first-order valence-corrected chi connectivity index (χ1v) is 6.74. The molecule has 1 aromatic heterocycles. The fourth-order valence-electron chi connectivity index (χ4n) is 1.44. The van der Waals surface area contributed by atoms with Crippen molar-refractivity contribution < 1.29 is 14.3 Å². The van der Waals surface area contributed by atoms with Gasteiger partial charge in [0, 0.05) is 19.3 Å². The molecule has 2 amide bonds. The number of carbonyl (C=O) groups excluding carboxylic acids is 2. The number of nitrogens with one attached hydrogen (secondary N) is 3. The van der Waals surface area contributed by atoms with Gasteiger partial charge in [-0.15, -0.1) is 0 Å². The van der Waals surface area contributed by atoms with Crippen LogP contribution in [-0.4, -0.2) is 41.5 Å². The summed E-state index contributed by atoms with van der Waals surface area (Å²) in [7, 11) is 0. The van der Waals surface area contributed by atoms with Gasteiger partial charge >= 0.3 is 6.09 Å². The SMILES string of the molecule is CC(C)(C)OC(=O)NCCNC(=O)c1ccc(C(=N)N)nc1. The Morgan fingerprint density at radius 1 is 1.27 bits per heavy atom. The number of alkyl carbamates (subject to hydrolysis) is 1. The first-order valence-electron chi connectivity index (χ1n) is 6.74. The van der Waals surface area contributed by atoms with Crippen molar-refractivity contribution in [3.8, 4) is 0 Å². The van der Waals surface area contributed by atoms with E-state index in [0.717, 1.165) is 0 Å². The molecule has 1 rings (SSSR count). The van der Waals surface area contributed by atoms with Crippen LogP contribution in [-0.2, 0) is 4.74 Å². The summed E-state index contributed by atoms with van der Waals surface area (Å²) >= 11 is 0. The highest BCUT2D eigenvalue weighted by Gasteiger charge is 2.15. The Labute approximate surface area is 128 Å². The van der Waals surface area contributed by atoms with E-state index in [4.69, 9.17) is 15.9 Å². The third-order valence-electron chi connectivity index (χ3n) is 2.38. The smallest absolute Gasteiger partial charge is 0.407 e. The Morgan fingerprint density at radius 3 is 2.41 bits per heavy atom. The van der Waals surface area contributed by atoms with Crippen molar-refractivity contribution in [3.05, 3.63) is 29.6 Å². The van der Waals surface area contributed by atoms with E-state index in [1.165, 1.54) is 18.3 Å². The molecule has 0 atom stereocenters. The molecule has 0 unspecified atom stereocenters. The third-order valence-corrected chi connectivity index (χ3v) is 2.38. The maximum atomic E-state index is 11.8. The number of ether oxygens (including phenoxy) is 1. The summed E-state index contributed by atoms with van der Waals surface area (Å²) in [5.74, 6) is -0.484. The van der Waals surface area contributed by atoms with Gasteiger partial charge in [0.1, 0.15) is 17.1 Å². The number of amides is 2. The molecule has 8 heteroatoms. The predicted molar refractivity (Wildman–Crippen MR) is 81.8 cm³/mol. The molecule has 0 aromatic carbocycles. The van der Waals surface area contributed by atoms with Gasteiger partial charge in [0.2, 0.25) is 0 Å². The fraction of sp³-hybridized carbons (Fsp3) is 0.429. The van der Waals surface area contributed by atoms with E-state index in [2.05, 4.69) is 15.6 Å². The van der Waals surface area contributed by atoms with Crippen molar-refractivity contribution in [1.82, 2.24) is 15.6 Å². The van der Waals surface area contributed by atoms with Crippen LogP contribution in [0.3, 0.4) is 0 Å². The second-order valence-corrected chi connectivity index (χ2v) is 5.53. The van der Waals surface area contributed by atoms with Crippen molar-refractivity contribution in [3.63, 3.8) is 0 Å². The molecule has 0 fully saturated rings. The number of carbonyl (C=O) groups is 2. The molecule has 0 spiro atoms. The molecule has 0 saturated heterocycles. The number of hydrogen-bond acceptors (Lipinski definition) is 5. The zero-order valence-electron chi connectivity index (χ0n) is 12.9. The van der Waals surface area contributed by atoms with Crippen LogP contribution < -0.4 is 16.4 Å². The maximum absolute atomic E-state index is 11.8. The Morgan fingerprint density at radius 2 is 1.91 bits per heavy atom. The maximum Gasteiger partial charge on any atom is 0.407 e. The predicted octanol–water partition coefficient (Wildman–Crippen LogP) is 0.620. The molecule has 0 radical (unpaired) electrons. The number of nitrogens with two attached hydrogens (primary N) is 1. The van der Waals surface area contributed by atoms with Gasteiger partial charge in [-0.2, -0.15) is 0 Å². The minimum absolute atomic E-state index is 0.159. The summed E-state index contributed by atoms with van der Waals surface area (Å²) in [6.45, 7) is 5.82. The molecule has 8 nitrogen and oxygen atoms in total. The molecule has 5 N–H and O–H groups in total. The molecule has 0 aliphatic carbocycles. The topological polar surface area (TPSA) is 130 Å². The largest absolute Gasteiger partial charge is 0.444 e. The number of hydrogen-bond donors (Lipinski definition) is 4. The van der Waals surface area contributed by atoms with E-state index in [1.807, 2.05) is 0 Å². The van der Waals surface area contributed by atoms with Crippen LogP contribution >= 0.6 is 0 Å². The highest BCUT2D eigenvalue weighted by molar-refractivity contribution is 5.96. The second-order valence-electron chi connectivity index (χ2n) is 5.53. The van der Waals surface area contributed by atoms with Gasteiger partial charge in [-0.25, -0.2) is 4.79 Å². The monoisotopic (exact) mass is 307 g/mol. The van der Waals surface area contributed by atoms with Gasteiger partial charge < -0.3 is 21.1 Å². The number of nitrogen functional groups attached to an aromatic ring is 1. The normalized spacial score (nSPS) is 10.7. The molecule has 0 aliphatic heterocycles. The van der Waals surface area contributed by atoms with Gasteiger partial charge in [-0.1, -0.05) is 0 Å². The Kier molecular flexibility index (Phi) is 5.85. The first-order chi connectivity index (χ1) is 10.2. The summed E-state index contributed by atoms with van der Waals surface area (Å²) in [6.07, 6.45) is 0.808. The van der Waals surface area contributed by atoms with E-state index in [-0.39, 0.29) is 24.8 Å². The lowest BCUT2D eigenvalue weighted by molar-refractivity contribution is 0.0526. The summed E-state index contributed by atoms with van der Waals surface area (Å²) in [5, 5.41) is 12.4. The fourth-order valence-corrected chi connectivity index (χ4v) is 1.44. The van der Waals surface area contributed by atoms with E-state index in [0.29, 0.717) is 11.3 Å². The van der Waals surface area contributed by atoms with Crippen LogP contribution in [0, 0.1) is 5.41 Å². The molecule has 0 bridgehead atoms. The van der Waals surface area contributed by atoms with Crippen LogP contribution in [0.1, 0.15) is 36.8 Å². The molecular formula is C14H21N5O3. The number of nitrogens with zero attached hydrogens (tertiary/aromatic N) is 1. The van der Waals surface area contributed by atoms with Gasteiger partial charge in [0.05, 0.1) is 5.56 Å². The highest BCUT2D eigenvalue weighted by Crippen LogP contribution is 2.06. The second kappa shape index (κ2) is 7.39. The van der Waals surface area contributed by atoms with Gasteiger partial charge in [-0.05, 0) is 32.9 Å². The number of aromatic nitrogens is 1. The van der Waals surface area contributed by atoms with Crippen molar-refractivity contribution >= 4 is 17.8 Å². The number of rotatable bonds is 5. The van der Waals surface area contributed by atoms with E-state index in [1.54, 1.807) is 20.8 Å². The van der Waals surface area contributed by atoms with Crippen molar-refractivity contribution in [2.24, 2.45) is 5.73 Å². The van der Waals surface area contributed by atoms with E-state index < -0.39 is 11.7 Å². The van der Waals surface area contributed by atoms with Crippen LogP contribution in [0.2, 0.25) is 0 Å². The standard InChI is InChI=1S/C14H21N5O3/c1-14(2,3)22-13(21)18-7-6-17-12(20)9-4-5-10(11(15)16)19-8-9/h4-5,8H,6-7H2,1-3H3,(H3,15,16)(H,17,20)(H,18,21). The average Bonchev–Trinajstić information content (AvgIpc) is 2.41. The van der Waals surface area contributed by atoms with E-state index in [9.17, 15) is 9.59 Å². The van der Waals surface area contributed by atoms with Crippen LogP contribution in [0.4, 0.5) is 4.79 Å². The summed E-state index contributed by atoms with van der Waals surface area (Å²) in [6, 6.07) is 3.02.